The average Bonchev–Trinajstić information content (AvgIpc) is 2.59. The van der Waals surface area contributed by atoms with Crippen LogP contribution in [-0.4, -0.2) is 29.1 Å². The topological polar surface area (TPSA) is 92.4 Å². The standard InChI is InChI=1S/C12H18N2O3/c1-3-5-8(10(15)16)14-11(17)12(2)7-4-6-9(12)13/h1,8-9H,4-7,13H2,2H3,(H,14,17)(H,15,16). The number of carbonyl (C=O) groups is 2. The highest BCUT2D eigenvalue weighted by Crippen LogP contribution is 2.36. The van der Waals surface area contributed by atoms with Crippen LogP contribution in [0.4, 0.5) is 0 Å². The first-order chi connectivity index (χ1) is 7.91. The van der Waals surface area contributed by atoms with Gasteiger partial charge in [0.15, 0.2) is 0 Å². The molecule has 4 N–H and O–H groups in total. The van der Waals surface area contributed by atoms with Crippen molar-refractivity contribution in [2.45, 2.75) is 44.7 Å². The van der Waals surface area contributed by atoms with E-state index in [1.165, 1.54) is 0 Å². The molecule has 1 aliphatic rings. The van der Waals surface area contributed by atoms with Crippen molar-refractivity contribution in [1.29, 1.82) is 0 Å². The third-order valence-corrected chi connectivity index (χ3v) is 3.47. The average molecular weight is 238 g/mol. The Morgan fingerprint density at radius 2 is 2.35 bits per heavy atom. The van der Waals surface area contributed by atoms with Crippen LogP contribution in [0.5, 0.6) is 0 Å². The normalized spacial score (nSPS) is 29.4. The van der Waals surface area contributed by atoms with E-state index in [2.05, 4.69) is 11.2 Å². The van der Waals surface area contributed by atoms with Crippen molar-refractivity contribution in [2.24, 2.45) is 11.1 Å². The molecule has 0 saturated heterocycles. The van der Waals surface area contributed by atoms with Crippen molar-refractivity contribution in [1.82, 2.24) is 5.32 Å². The molecule has 0 aromatic rings. The van der Waals surface area contributed by atoms with Gasteiger partial charge in [-0.05, 0) is 19.8 Å². The van der Waals surface area contributed by atoms with E-state index >= 15 is 0 Å². The lowest BCUT2D eigenvalue weighted by Crippen LogP contribution is -2.52. The molecule has 0 aromatic heterocycles. The van der Waals surface area contributed by atoms with Gasteiger partial charge in [-0.25, -0.2) is 4.79 Å². The maximum atomic E-state index is 12.0. The number of carboxylic acid groups (broad SMARTS) is 1. The second-order valence-electron chi connectivity index (χ2n) is 4.69. The Morgan fingerprint density at radius 1 is 1.71 bits per heavy atom. The SMILES string of the molecule is C#CCC(NC(=O)C1(C)CCCC1N)C(=O)O. The molecule has 94 valence electrons. The van der Waals surface area contributed by atoms with Crippen LogP contribution < -0.4 is 11.1 Å². The minimum atomic E-state index is -1.12. The highest BCUT2D eigenvalue weighted by Gasteiger charge is 2.43. The van der Waals surface area contributed by atoms with Gasteiger partial charge in [-0.3, -0.25) is 4.79 Å². The lowest BCUT2D eigenvalue weighted by atomic mass is 9.84. The lowest BCUT2D eigenvalue weighted by molar-refractivity contribution is -0.143. The third-order valence-electron chi connectivity index (χ3n) is 3.47. The van der Waals surface area contributed by atoms with Gasteiger partial charge in [0.05, 0.1) is 5.41 Å². The van der Waals surface area contributed by atoms with Gasteiger partial charge in [0.25, 0.3) is 0 Å². The molecule has 1 fully saturated rings. The molecule has 0 aromatic carbocycles. The fourth-order valence-electron chi connectivity index (χ4n) is 2.12. The number of carboxylic acids is 1. The largest absolute Gasteiger partial charge is 0.480 e. The Labute approximate surface area is 101 Å². The quantitative estimate of drug-likeness (QED) is 0.605. The maximum Gasteiger partial charge on any atom is 0.327 e. The molecule has 3 atom stereocenters. The van der Waals surface area contributed by atoms with Gasteiger partial charge >= 0.3 is 5.97 Å². The van der Waals surface area contributed by atoms with Crippen LogP contribution in [0.3, 0.4) is 0 Å². The van der Waals surface area contributed by atoms with Gasteiger partial charge in [-0.2, -0.15) is 0 Å². The van der Waals surface area contributed by atoms with Gasteiger partial charge < -0.3 is 16.2 Å². The van der Waals surface area contributed by atoms with Crippen molar-refractivity contribution in [3.05, 3.63) is 0 Å². The summed E-state index contributed by atoms with van der Waals surface area (Å²) in [6.45, 7) is 1.77. The summed E-state index contributed by atoms with van der Waals surface area (Å²) < 4.78 is 0. The van der Waals surface area contributed by atoms with Crippen molar-refractivity contribution in [3.8, 4) is 12.3 Å². The first-order valence-electron chi connectivity index (χ1n) is 5.64. The van der Waals surface area contributed by atoms with Gasteiger partial charge in [0.1, 0.15) is 6.04 Å². The van der Waals surface area contributed by atoms with Crippen LogP contribution in [0.15, 0.2) is 0 Å². The smallest absolute Gasteiger partial charge is 0.327 e. The molecule has 1 rings (SSSR count). The zero-order valence-corrected chi connectivity index (χ0v) is 9.90. The third kappa shape index (κ3) is 2.77. The Morgan fingerprint density at radius 3 is 2.76 bits per heavy atom. The zero-order valence-electron chi connectivity index (χ0n) is 9.90. The maximum absolute atomic E-state index is 12.0. The first kappa shape index (κ1) is 13.5. The molecule has 1 amide bonds. The van der Waals surface area contributed by atoms with Gasteiger partial charge in [-0.15, -0.1) is 12.3 Å². The molecule has 1 aliphatic carbocycles. The molecule has 5 nitrogen and oxygen atoms in total. The van der Waals surface area contributed by atoms with Gasteiger partial charge in [0, 0.05) is 12.5 Å². The number of rotatable bonds is 4. The summed E-state index contributed by atoms with van der Waals surface area (Å²) in [4.78, 5) is 22.9. The minimum Gasteiger partial charge on any atom is -0.480 e. The molecule has 0 radical (unpaired) electrons. The minimum absolute atomic E-state index is 0.0214. The number of hydrogen-bond acceptors (Lipinski definition) is 3. The number of hydrogen-bond donors (Lipinski definition) is 3. The highest BCUT2D eigenvalue weighted by atomic mass is 16.4. The predicted molar refractivity (Wildman–Crippen MR) is 62.9 cm³/mol. The van der Waals surface area contributed by atoms with E-state index in [-0.39, 0.29) is 18.4 Å². The summed E-state index contributed by atoms with van der Waals surface area (Å²) in [5, 5.41) is 11.4. The molecule has 0 bridgehead atoms. The second kappa shape index (κ2) is 5.19. The van der Waals surface area contributed by atoms with E-state index in [1.807, 2.05) is 0 Å². The van der Waals surface area contributed by atoms with Crippen molar-refractivity contribution in [2.75, 3.05) is 0 Å². The summed E-state index contributed by atoms with van der Waals surface area (Å²) in [5.74, 6) is 0.808. The number of terminal acetylenes is 1. The van der Waals surface area contributed by atoms with Gasteiger partial charge in [-0.1, -0.05) is 6.42 Å². The summed E-state index contributed by atoms with van der Waals surface area (Å²) >= 11 is 0. The van der Waals surface area contributed by atoms with E-state index in [1.54, 1.807) is 6.92 Å². The predicted octanol–water partition coefficient (Wildman–Crippen LogP) is 0.0966. The Balaban J connectivity index is 2.71. The fourth-order valence-corrected chi connectivity index (χ4v) is 2.12. The van der Waals surface area contributed by atoms with E-state index in [0.29, 0.717) is 6.42 Å². The molecule has 5 heteroatoms. The van der Waals surface area contributed by atoms with Crippen molar-refractivity contribution < 1.29 is 14.7 Å². The number of aliphatic carboxylic acids is 1. The molecular weight excluding hydrogens is 220 g/mol. The van der Waals surface area contributed by atoms with Crippen molar-refractivity contribution >= 4 is 11.9 Å². The van der Waals surface area contributed by atoms with E-state index in [9.17, 15) is 9.59 Å². The fraction of sp³-hybridized carbons (Fsp3) is 0.667. The number of nitrogens with one attached hydrogen (secondary N) is 1. The summed E-state index contributed by atoms with van der Waals surface area (Å²) in [6.07, 6.45) is 7.40. The molecule has 3 unspecified atom stereocenters. The first-order valence-corrected chi connectivity index (χ1v) is 5.64. The summed E-state index contributed by atoms with van der Waals surface area (Å²) in [6, 6.07) is -1.25. The van der Waals surface area contributed by atoms with Crippen LogP contribution in [0.25, 0.3) is 0 Å². The van der Waals surface area contributed by atoms with E-state index in [4.69, 9.17) is 17.3 Å². The number of carbonyl (C=O) groups excluding carboxylic acids is 1. The highest BCUT2D eigenvalue weighted by molar-refractivity contribution is 5.88. The molecular formula is C12H18N2O3. The number of amides is 1. The van der Waals surface area contributed by atoms with Crippen LogP contribution in [0, 0.1) is 17.8 Å². The van der Waals surface area contributed by atoms with E-state index < -0.39 is 17.4 Å². The van der Waals surface area contributed by atoms with Crippen LogP contribution in [-0.2, 0) is 9.59 Å². The Kier molecular flexibility index (Phi) is 4.13. The molecule has 1 saturated carbocycles. The Bertz CT molecular complexity index is 361. The molecule has 17 heavy (non-hydrogen) atoms. The monoisotopic (exact) mass is 238 g/mol. The van der Waals surface area contributed by atoms with Crippen LogP contribution >= 0.6 is 0 Å². The van der Waals surface area contributed by atoms with Crippen LogP contribution in [0.2, 0.25) is 0 Å². The second-order valence-corrected chi connectivity index (χ2v) is 4.69. The number of nitrogens with two attached hydrogens (primary N) is 1. The molecule has 0 heterocycles. The van der Waals surface area contributed by atoms with Crippen LogP contribution in [0.1, 0.15) is 32.6 Å². The van der Waals surface area contributed by atoms with Gasteiger partial charge in [0.2, 0.25) is 5.91 Å². The van der Waals surface area contributed by atoms with Crippen molar-refractivity contribution in [3.63, 3.8) is 0 Å². The lowest BCUT2D eigenvalue weighted by Gasteiger charge is -2.28. The summed E-state index contributed by atoms with van der Waals surface area (Å²) in [5.41, 5.74) is 5.21. The Hall–Kier alpha value is -1.54. The molecule has 0 spiro atoms. The van der Waals surface area contributed by atoms with E-state index in [0.717, 1.165) is 12.8 Å². The zero-order chi connectivity index (χ0) is 13.1. The summed E-state index contributed by atoms with van der Waals surface area (Å²) in [7, 11) is 0. The molecule has 0 aliphatic heterocycles.